The fourth-order valence-corrected chi connectivity index (χ4v) is 0.623. The monoisotopic (exact) mass is 114 g/mol. The van der Waals surface area contributed by atoms with E-state index in [0.29, 0.717) is 0 Å². The Morgan fingerprint density at radius 2 is 1.88 bits per heavy atom. The van der Waals surface area contributed by atoms with Crippen LogP contribution >= 0.6 is 0 Å². The third kappa shape index (κ3) is 5.96. The summed E-state index contributed by atoms with van der Waals surface area (Å²) in [6.07, 6.45) is 3.68. The minimum absolute atomic E-state index is 0.841. The zero-order valence-corrected chi connectivity index (χ0v) is 5.91. The molecule has 0 fully saturated rings. The van der Waals surface area contributed by atoms with E-state index in [1.165, 1.54) is 25.2 Å². The van der Waals surface area contributed by atoms with Crippen molar-refractivity contribution in [3.05, 3.63) is 5.92 Å². The van der Waals surface area contributed by atoms with Gasteiger partial charge in [-0.1, -0.05) is 20.3 Å². The zero-order chi connectivity index (χ0) is 6.41. The third-order valence-electron chi connectivity index (χ3n) is 1.13. The molecule has 1 heteroatoms. The van der Waals surface area contributed by atoms with Gasteiger partial charge in [0.2, 0.25) is 0 Å². The van der Waals surface area contributed by atoms with Crippen molar-refractivity contribution in [2.45, 2.75) is 33.1 Å². The lowest BCUT2D eigenvalue weighted by Gasteiger charge is -2.00. The van der Waals surface area contributed by atoms with Crippen molar-refractivity contribution in [3.8, 4) is 0 Å². The smallest absolute Gasteiger partial charge is 0.00773 e. The van der Waals surface area contributed by atoms with Crippen LogP contribution in [0.1, 0.15) is 33.1 Å². The fraction of sp³-hybridized carbons (Fsp3) is 0.857. The van der Waals surface area contributed by atoms with E-state index in [2.05, 4.69) is 13.8 Å². The molecule has 0 aromatic carbocycles. The summed E-state index contributed by atoms with van der Waals surface area (Å²) in [6.45, 7) is 5.17. The minimum atomic E-state index is 0.841. The summed E-state index contributed by atoms with van der Waals surface area (Å²) in [5.74, 6) is 1.51. The van der Waals surface area contributed by atoms with Crippen molar-refractivity contribution in [1.29, 1.82) is 0 Å². The molecule has 0 saturated carbocycles. The maximum absolute atomic E-state index is 5.31. The van der Waals surface area contributed by atoms with Gasteiger partial charge in [-0.25, -0.2) is 0 Å². The number of hydrogen-bond donors (Lipinski definition) is 1. The molecule has 1 nitrogen and oxygen atoms in total. The van der Waals surface area contributed by atoms with E-state index < -0.39 is 0 Å². The van der Waals surface area contributed by atoms with Gasteiger partial charge in [-0.2, -0.15) is 0 Å². The predicted molar refractivity (Wildman–Crippen MR) is 37.5 cm³/mol. The third-order valence-corrected chi connectivity index (χ3v) is 1.13. The lowest BCUT2D eigenvalue weighted by atomic mass is 10.1. The van der Waals surface area contributed by atoms with Crippen LogP contribution in [0.3, 0.4) is 0 Å². The highest BCUT2D eigenvalue weighted by molar-refractivity contribution is 4.75. The first-order valence-electron chi connectivity index (χ1n) is 3.26. The molecular formula is C7H16N. The molecule has 0 aliphatic rings. The highest BCUT2D eigenvalue weighted by Crippen LogP contribution is 2.06. The fourth-order valence-electron chi connectivity index (χ4n) is 0.623. The van der Waals surface area contributed by atoms with Gasteiger partial charge in [0.05, 0.1) is 0 Å². The zero-order valence-electron chi connectivity index (χ0n) is 5.91. The van der Waals surface area contributed by atoms with Crippen LogP contribution < -0.4 is 5.73 Å². The minimum Gasteiger partial charge on any atom is -0.330 e. The Hall–Kier alpha value is -0.0400. The van der Waals surface area contributed by atoms with Gasteiger partial charge in [-0.15, -0.1) is 0 Å². The number of unbranched alkanes of at least 4 members (excludes halogenated alkanes) is 1. The second-order valence-electron chi connectivity index (χ2n) is 2.45. The van der Waals surface area contributed by atoms with Crippen molar-refractivity contribution in [1.82, 2.24) is 0 Å². The van der Waals surface area contributed by atoms with Crippen LogP contribution in [0.25, 0.3) is 0 Å². The summed E-state index contributed by atoms with van der Waals surface area (Å²) in [5, 5.41) is 0. The molecule has 0 rings (SSSR count). The molecule has 49 valence electrons. The van der Waals surface area contributed by atoms with E-state index in [4.69, 9.17) is 5.73 Å². The molecule has 0 heterocycles. The standard InChI is InChI=1S/C7H16N/c1-7(2)5-3-4-6-8/h3-6,8H2,1-2H3. The van der Waals surface area contributed by atoms with Gasteiger partial charge in [0.15, 0.2) is 0 Å². The first kappa shape index (κ1) is 7.96. The summed E-state index contributed by atoms with van der Waals surface area (Å²) in [5.41, 5.74) is 5.31. The van der Waals surface area contributed by atoms with Crippen LogP contribution in [0.4, 0.5) is 0 Å². The van der Waals surface area contributed by atoms with Crippen molar-refractivity contribution in [3.63, 3.8) is 0 Å². The molecule has 0 aromatic rings. The first-order valence-corrected chi connectivity index (χ1v) is 3.26. The number of rotatable bonds is 4. The van der Waals surface area contributed by atoms with Crippen LogP contribution in [0.5, 0.6) is 0 Å². The van der Waals surface area contributed by atoms with Crippen LogP contribution in [0.15, 0.2) is 0 Å². The summed E-state index contributed by atoms with van der Waals surface area (Å²) >= 11 is 0. The van der Waals surface area contributed by atoms with Crippen LogP contribution in [0.2, 0.25) is 0 Å². The average Bonchev–Trinajstić information content (AvgIpc) is 1.66. The van der Waals surface area contributed by atoms with Gasteiger partial charge in [0.25, 0.3) is 0 Å². The molecular weight excluding hydrogens is 98.1 g/mol. The van der Waals surface area contributed by atoms with Crippen molar-refractivity contribution >= 4 is 0 Å². The summed E-state index contributed by atoms with van der Waals surface area (Å²) in [7, 11) is 0. The predicted octanol–water partition coefficient (Wildman–Crippen LogP) is 1.73. The molecule has 0 spiro atoms. The molecule has 0 unspecified atom stereocenters. The molecule has 0 bridgehead atoms. The van der Waals surface area contributed by atoms with Gasteiger partial charge < -0.3 is 5.73 Å². The number of nitrogens with two attached hydrogens (primary N) is 1. The molecule has 8 heavy (non-hydrogen) atoms. The highest BCUT2D eigenvalue weighted by atomic mass is 14.5. The van der Waals surface area contributed by atoms with Crippen LogP contribution in [-0.4, -0.2) is 6.54 Å². The van der Waals surface area contributed by atoms with E-state index in [0.717, 1.165) is 6.54 Å². The molecule has 0 aliphatic heterocycles. The molecule has 0 aromatic heterocycles. The Morgan fingerprint density at radius 3 is 2.25 bits per heavy atom. The van der Waals surface area contributed by atoms with E-state index in [1.54, 1.807) is 0 Å². The number of hydrogen-bond acceptors (Lipinski definition) is 1. The Bertz CT molecular complexity index is 41.7. The van der Waals surface area contributed by atoms with Gasteiger partial charge in [-0.05, 0) is 25.3 Å². The molecule has 0 aliphatic carbocycles. The van der Waals surface area contributed by atoms with Crippen molar-refractivity contribution < 1.29 is 0 Å². The normalized spacial score (nSPS) is 10.5. The second-order valence-corrected chi connectivity index (χ2v) is 2.45. The Kier molecular flexibility index (Phi) is 5.08. The highest BCUT2D eigenvalue weighted by Gasteiger charge is 1.91. The van der Waals surface area contributed by atoms with Crippen molar-refractivity contribution in [2.75, 3.05) is 6.54 Å². The SMILES string of the molecule is C[C](C)CCCCN. The lowest BCUT2D eigenvalue weighted by Crippen LogP contribution is -1.98. The van der Waals surface area contributed by atoms with Crippen molar-refractivity contribution in [2.24, 2.45) is 5.73 Å². The van der Waals surface area contributed by atoms with Crippen LogP contribution in [-0.2, 0) is 0 Å². The van der Waals surface area contributed by atoms with E-state index in [9.17, 15) is 0 Å². The Balaban J connectivity index is 2.72. The quantitative estimate of drug-likeness (QED) is 0.553. The van der Waals surface area contributed by atoms with Gasteiger partial charge in [0, 0.05) is 0 Å². The Morgan fingerprint density at radius 1 is 1.25 bits per heavy atom. The van der Waals surface area contributed by atoms with Gasteiger partial charge >= 0.3 is 0 Å². The molecule has 2 N–H and O–H groups in total. The summed E-state index contributed by atoms with van der Waals surface area (Å²) in [6, 6.07) is 0. The second kappa shape index (κ2) is 5.10. The Labute approximate surface area is 52.3 Å². The lowest BCUT2D eigenvalue weighted by molar-refractivity contribution is 0.697. The maximum atomic E-state index is 5.31. The molecule has 1 radical (unpaired) electrons. The van der Waals surface area contributed by atoms with E-state index in [-0.39, 0.29) is 0 Å². The van der Waals surface area contributed by atoms with Crippen LogP contribution in [0, 0.1) is 5.92 Å². The van der Waals surface area contributed by atoms with Gasteiger partial charge in [-0.3, -0.25) is 0 Å². The molecule has 0 atom stereocenters. The van der Waals surface area contributed by atoms with Gasteiger partial charge in [0.1, 0.15) is 0 Å². The topological polar surface area (TPSA) is 26.0 Å². The van der Waals surface area contributed by atoms with E-state index in [1.807, 2.05) is 0 Å². The van der Waals surface area contributed by atoms with E-state index >= 15 is 0 Å². The molecule has 0 amide bonds. The summed E-state index contributed by atoms with van der Waals surface area (Å²) in [4.78, 5) is 0. The summed E-state index contributed by atoms with van der Waals surface area (Å²) < 4.78 is 0. The maximum Gasteiger partial charge on any atom is -0.00773 e. The molecule has 0 saturated heterocycles. The largest absolute Gasteiger partial charge is 0.330 e. The first-order chi connectivity index (χ1) is 3.77. The average molecular weight is 114 g/mol.